The van der Waals surface area contributed by atoms with Gasteiger partial charge in [-0.1, -0.05) is 30.7 Å². The van der Waals surface area contributed by atoms with Gasteiger partial charge >= 0.3 is 0 Å². The Kier molecular flexibility index (Phi) is 5.91. The molecule has 1 aromatic heterocycles. The summed E-state index contributed by atoms with van der Waals surface area (Å²) in [6, 6.07) is 10.1. The molecule has 2 aromatic rings. The molecule has 1 heterocycles. The van der Waals surface area contributed by atoms with Gasteiger partial charge in [0.1, 0.15) is 0 Å². The number of benzene rings is 1. The van der Waals surface area contributed by atoms with Crippen LogP contribution >= 0.6 is 22.9 Å². The third-order valence-corrected chi connectivity index (χ3v) is 4.55. The van der Waals surface area contributed by atoms with E-state index < -0.39 is 0 Å². The van der Waals surface area contributed by atoms with Crippen molar-refractivity contribution in [1.29, 1.82) is 0 Å². The molecule has 3 nitrogen and oxygen atoms in total. The molecule has 0 saturated carbocycles. The Balaban J connectivity index is 2.33. The second-order valence-electron chi connectivity index (χ2n) is 4.60. The number of likely N-dealkylation sites (N-methyl/N-ethyl adjacent to an activating group) is 1. The summed E-state index contributed by atoms with van der Waals surface area (Å²) in [4.78, 5) is 1.25. The Morgan fingerprint density at radius 2 is 2.00 bits per heavy atom. The summed E-state index contributed by atoms with van der Waals surface area (Å²) in [5.41, 5.74) is 1.10. The number of methoxy groups -OCH3 is 2. The standard InChI is InChI=1S/C16H20ClNO2S/c1-4-18-13(10-11-8-9-15(17)21-11)12-6-5-7-14(19-2)16(12)20-3/h5-9,13,18H,4,10H2,1-3H3. The molecule has 114 valence electrons. The summed E-state index contributed by atoms with van der Waals surface area (Å²) in [6.07, 6.45) is 0.870. The van der Waals surface area contributed by atoms with E-state index in [9.17, 15) is 0 Å². The van der Waals surface area contributed by atoms with Gasteiger partial charge in [0.25, 0.3) is 0 Å². The van der Waals surface area contributed by atoms with E-state index in [2.05, 4.69) is 24.4 Å². The molecule has 0 aliphatic carbocycles. The molecule has 0 bridgehead atoms. The molecule has 0 spiro atoms. The molecule has 0 fully saturated rings. The van der Waals surface area contributed by atoms with Crippen LogP contribution in [0, 0.1) is 0 Å². The zero-order valence-corrected chi connectivity index (χ0v) is 14.1. The van der Waals surface area contributed by atoms with E-state index in [0.717, 1.165) is 34.4 Å². The highest BCUT2D eigenvalue weighted by molar-refractivity contribution is 7.16. The van der Waals surface area contributed by atoms with Gasteiger partial charge in [0, 0.05) is 22.9 Å². The highest BCUT2D eigenvalue weighted by atomic mass is 35.5. The monoisotopic (exact) mass is 325 g/mol. The molecule has 0 aliphatic rings. The lowest BCUT2D eigenvalue weighted by molar-refractivity contribution is 0.346. The Bertz CT molecular complexity index is 585. The maximum atomic E-state index is 6.03. The molecule has 0 saturated heterocycles. The third-order valence-electron chi connectivity index (χ3n) is 3.29. The van der Waals surface area contributed by atoms with Crippen molar-refractivity contribution in [2.24, 2.45) is 0 Å². The van der Waals surface area contributed by atoms with Crippen molar-refractivity contribution in [2.45, 2.75) is 19.4 Å². The summed E-state index contributed by atoms with van der Waals surface area (Å²) in [7, 11) is 3.33. The zero-order valence-electron chi connectivity index (χ0n) is 12.5. The van der Waals surface area contributed by atoms with Crippen molar-refractivity contribution in [3.05, 3.63) is 45.1 Å². The fourth-order valence-corrected chi connectivity index (χ4v) is 3.52. The first kappa shape index (κ1) is 16.1. The summed E-state index contributed by atoms with van der Waals surface area (Å²) in [5, 5.41) is 3.51. The SMILES string of the molecule is CCNC(Cc1ccc(Cl)s1)c1cccc(OC)c1OC. The Labute approximate surface area is 134 Å². The molecule has 1 N–H and O–H groups in total. The van der Waals surface area contributed by atoms with Crippen molar-refractivity contribution in [1.82, 2.24) is 5.32 Å². The Morgan fingerprint density at radius 1 is 1.19 bits per heavy atom. The summed E-state index contributed by atoms with van der Waals surface area (Å²) in [5.74, 6) is 1.54. The number of ether oxygens (including phenoxy) is 2. The smallest absolute Gasteiger partial charge is 0.165 e. The van der Waals surface area contributed by atoms with Crippen LogP contribution in [0.1, 0.15) is 23.4 Å². The molecule has 1 unspecified atom stereocenters. The molecule has 5 heteroatoms. The van der Waals surface area contributed by atoms with Crippen LogP contribution in [0.25, 0.3) is 0 Å². The second kappa shape index (κ2) is 7.69. The molecule has 2 rings (SSSR count). The van der Waals surface area contributed by atoms with Gasteiger partial charge in [-0.25, -0.2) is 0 Å². The minimum Gasteiger partial charge on any atom is -0.493 e. The molecular formula is C16H20ClNO2S. The van der Waals surface area contributed by atoms with E-state index in [1.165, 1.54) is 4.88 Å². The number of halogens is 1. The van der Waals surface area contributed by atoms with E-state index in [0.29, 0.717) is 0 Å². The number of hydrogen-bond acceptors (Lipinski definition) is 4. The molecule has 0 amide bonds. The van der Waals surface area contributed by atoms with E-state index >= 15 is 0 Å². The maximum absolute atomic E-state index is 6.03. The van der Waals surface area contributed by atoms with E-state index in [-0.39, 0.29) is 6.04 Å². The van der Waals surface area contributed by atoms with Crippen LogP contribution < -0.4 is 14.8 Å². The van der Waals surface area contributed by atoms with Crippen LogP contribution in [-0.2, 0) is 6.42 Å². The van der Waals surface area contributed by atoms with Gasteiger partial charge in [0.2, 0.25) is 0 Å². The normalized spacial score (nSPS) is 12.2. The predicted molar refractivity (Wildman–Crippen MR) is 89.0 cm³/mol. The average Bonchev–Trinajstić information content (AvgIpc) is 2.91. The molecule has 0 aliphatic heterocycles. The van der Waals surface area contributed by atoms with Crippen LogP contribution in [0.4, 0.5) is 0 Å². The minimum atomic E-state index is 0.162. The predicted octanol–water partition coefficient (Wildman–Crippen LogP) is 4.31. The summed E-state index contributed by atoms with van der Waals surface area (Å²) >= 11 is 7.64. The van der Waals surface area contributed by atoms with Gasteiger partial charge in [0.05, 0.1) is 18.6 Å². The number of thiophene rings is 1. The average molecular weight is 326 g/mol. The molecule has 0 radical (unpaired) electrons. The van der Waals surface area contributed by atoms with Gasteiger partial charge in [-0.3, -0.25) is 0 Å². The van der Waals surface area contributed by atoms with Gasteiger partial charge < -0.3 is 14.8 Å². The van der Waals surface area contributed by atoms with Crippen LogP contribution in [0.2, 0.25) is 4.34 Å². The van der Waals surface area contributed by atoms with Crippen molar-refractivity contribution in [3.8, 4) is 11.5 Å². The van der Waals surface area contributed by atoms with Crippen LogP contribution in [0.3, 0.4) is 0 Å². The van der Waals surface area contributed by atoms with E-state index in [4.69, 9.17) is 21.1 Å². The molecule has 1 aromatic carbocycles. The molecule has 1 atom stereocenters. The fraction of sp³-hybridized carbons (Fsp3) is 0.375. The number of para-hydroxylation sites is 1. The highest BCUT2D eigenvalue weighted by Crippen LogP contribution is 2.36. The lowest BCUT2D eigenvalue weighted by Gasteiger charge is -2.21. The maximum Gasteiger partial charge on any atom is 0.165 e. The topological polar surface area (TPSA) is 30.5 Å². The first-order valence-electron chi connectivity index (χ1n) is 6.88. The van der Waals surface area contributed by atoms with Gasteiger partial charge in [-0.2, -0.15) is 0 Å². The van der Waals surface area contributed by atoms with Gasteiger partial charge in [-0.05, 0) is 24.7 Å². The van der Waals surface area contributed by atoms with Crippen molar-refractivity contribution < 1.29 is 9.47 Å². The van der Waals surface area contributed by atoms with Crippen molar-refractivity contribution in [2.75, 3.05) is 20.8 Å². The Morgan fingerprint density at radius 3 is 2.57 bits per heavy atom. The first-order chi connectivity index (χ1) is 10.2. The first-order valence-corrected chi connectivity index (χ1v) is 8.07. The van der Waals surface area contributed by atoms with Crippen molar-refractivity contribution >= 4 is 22.9 Å². The minimum absolute atomic E-state index is 0.162. The van der Waals surface area contributed by atoms with Crippen molar-refractivity contribution in [3.63, 3.8) is 0 Å². The number of rotatable bonds is 7. The largest absolute Gasteiger partial charge is 0.493 e. The number of nitrogens with one attached hydrogen (secondary N) is 1. The summed E-state index contributed by atoms with van der Waals surface area (Å²) < 4.78 is 11.8. The quantitative estimate of drug-likeness (QED) is 0.822. The number of hydrogen-bond donors (Lipinski definition) is 1. The second-order valence-corrected chi connectivity index (χ2v) is 6.40. The Hall–Kier alpha value is -1.23. The molecule has 21 heavy (non-hydrogen) atoms. The van der Waals surface area contributed by atoms with Gasteiger partial charge in [0.15, 0.2) is 11.5 Å². The van der Waals surface area contributed by atoms with E-state index in [1.807, 2.05) is 18.2 Å². The highest BCUT2D eigenvalue weighted by Gasteiger charge is 2.19. The third kappa shape index (κ3) is 3.90. The fourth-order valence-electron chi connectivity index (χ4n) is 2.39. The summed E-state index contributed by atoms with van der Waals surface area (Å²) in [6.45, 7) is 2.98. The van der Waals surface area contributed by atoms with E-state index in [1.54, 1.807) is 25.6 Å². The molecular weight excluding hydrogens is 306 g/mol. The van der Waals surface area contributed by atoms with Crippen LogP contribution in [0.15, 0.2) is 30.3 Å². The lowest BCUT2D eigenvalue weighted by atomic mass is 10.0. The van der Waals surface area contributed by atoms with Crippen LogP contribution in [0.5, 0.6) is 11.5 Å². The zero-order chi connectivity index (χ0) is 15.2. The van der Waals surface area contributed by atoms with Gasteiger partial charge in [-0.15, -0.1) is 11.3 Å². The lowest BCUT2D eigenvalue weighted by Crippen LogP contribution is -2.23. The van der Waals surface area contributed by atoms with Crippen LogP contribution in [-0.4, -0.2) is 20.8 Å².